The molecular weight excluding hydrogens is 774 g/mol. The Morgan fingerprint density at radius 3 is 1.16 bits per heavy atom. The number of benzene rings is 4. The van der Waals surface area contributed by atoms with Crippen LogP contribution in [0.1, 0.15) is 55.8 Å². The monoisotopic (exact) mass is 794 g/mol. The van der Waals surface area contributed by atoms with Crippen LogP contribution in [0.25, 0.3) is 11.1 Å². The third kappa shape index (κ3) is 5.16. The minimum absolute atomic E-state index is 0.0903. The summed E-state index contributed by atoms with van der Waals surface area (Å²) < 4.78 is 70.1. The molecule has 0 saturated carbocycles. The summed E-state index contributed by atoms with van der Waals surface area (Å²) in [6, 6.07) is 16.6. The molecule has 6 N–H and O–H groups in total. The lowest BCUT2D eigenvalue weighted by Gasteiger charge is -2.38. The highest BCUT2D eigenvalue weighted by molar-refractivity contribution is 7.87. The van der Waals surface area contributed by atoms with Crippen molar-refractivity contribution in [3.05, 3.63) is 126 Å². The number of hydrazone groups is 2. The van der Waals surface area contributed by atoms with E-state index in [1.165, 1.54) is 72.8 Å². The second-order valence-electron chi connectivity index (χ2n) is 11.5. The summed E-state index contributed by atoms with van der Waals surface area (Å²) in [4.78, 5) is 26.1. The van der Waals surface area contributed by atoms with E-state index in [4.69, 9.17) is 58.1 Å². The first-order chi connectivity index (χ1) is 23.4. The van der Waals surface area contributed by atoms with Gasteiger partial charge in [0.25, 0.3) is 20.2 Å². The van der Waals surface area contributed by atoms with E-state index < -0.39 is 54.1 Å². The minimum atomic E-state index is -5.15. The Balaban J connectivity index is 1.58. The van der Waals surface area contributed by atoms with Gasteiger partial charge in [0.2, 0.25) is 11.6 Å². The Hall–Kier alpha value is -3.86. The number of hydrogen-bond acceptors (Lipinski definition) is 10. The van der Waals surface area contributed by atoms with Crippen LogP contribution in [-0.4, -0.2) is 48.9 Å². The van der Waals surface area contributed by atoms with Crippen LogP contribution < -0.4 is 11.7 Å². The third-order valence-electron chi connectivity index (χ3n) is 8.99. The Bertz CT molecular complexity index is 2260. The average Bonchev–Trinajstić information content (AvgIpc) is 3.05. The molecule has 0 amide bonds. The molecule has 18 heteroatoms. The number of rotatable bonds is 5. The topological polar surface area (TPSA) is 220 Å². The van der Waals surface area contributed by atoms with Crippen LogP contribution in [0.5, 0.6) is 0 Å². The summed E-state index contributed by atoms with van der Waals surface area (Å²) >= 11 is 27.1. The van der Waals surface area contributed by atoms with E-state index in [1.807, 2.05) is 0 Å². The van der Waals surface area contributed by atoms with Crippen LogP contribution in [0.2, 0.25) is 20.1 Å². The molecule has 2 atom stereocenters. The van der Waals surface area contributed by atoms with Crippen molar-refractivity contribution in [1.29, 1.82) is 0 Å². The summed E-state index contributed by atoms with van der Waals surface area (Å²) in [6.45, 7) is 0. The Morgan fingerprint density at radius 1 is 0.580 bits per heavy atom. The largest absolute Gasteiger partial charge is 0.323 e. The fourth-order valence-electron chi connectivity index (χ4n) is 6.82. The maximum atomic E-state index is 13.3. The van der Waals surface area contributed by atoms with Gasteiger partial charge in [-0.05, 0) is 46.5 Å². The SMILES string of the molecule is N/N=C1/CC(c2c(Cl)cc(-c3cc(Cl)c(C4(S(=O)(=O)O)C/C(=N\N)C(=O)c5ccccc54)c(Cl)c3)cc2Cl)(S(=O)(=O)O)c2ccccc2C1=O. The van der Waals surface area contributed by atoms with Gasteiger partial charge in [-0.2, -0.15) is 27.0 Å². The zero-order chi connectivity index (χ0) is 36.6. The number of carbonyl (C=O) groups is 2. The molecule has 4 aromatic carbocycles. The fraction of sp³-hybridized carbons (Fsp3) is 0.125. The molecule has 0 aromatic heterocycles. The quantitative estimate of drug-likeness (QED) is 0.104. The summed E-state index contributed by atoms with van der Waals surface area (Å²) in [5.41, 5.74) is -1.22. The standard InChI is InChI=1S/C32H22Cl4N4O8S2/c33-21-9-15(10-22(34)27(21)31(49(43,44)45)13-25(39-37)29(41)17-5-1-3-7-19(17)31)16-11-23(35)28(24(36)12-16)32(50(46,47)48)14-26(40-38)30(42)18-6-2-4-8-20(18)32/h1-12H,13-14,37-38H2,(H,43,44,45)(H,46,47,48)/b39-25-,40-26+. The number of ketones is 2. The summed E-state index contributed by atoms with van der Waals surface area (Å²) in [5.74, 6) is 9.64. The summed E-state index contributed by atoms with van der Waals surface area (Å²) in [6.07, 6.45) is -1.39. The summed E-state index contributed by atoms with van der Waals surface area (Å²) in [5, 5.41) is 5.92. The van der Waals surface area contributed by atoms with Gasteiger partial charge >= 0.3 is 0 Å². The van der Waals surface area contributed by atoms with Gasteiger partial charge in [-0.25, -0.2) is 0 Å². The first kappa shape index (κ1) is 35.9. The van der Waals surface area contributed by atoms with E-state index >= 15 is 0 Å². The number of carbonyl (C=O) groups excluding carboxylic acids is 2. The van der Waals surface area contributed by atoms with E-state index in [0.29, 0.717) is 0 Å². The predicted molar refractivity (Wildman–Crippen MR) is 191 cm³/mol. The molecule has 0 aliphatic heterocycles. The maximum Gasteiger partial charge on any atom is 0.279 e. The average molecular weight is 796 g/mol. The molecule has 0 fully saturated rings. The highest BCUT2D eigenvalue weighted by Crippen LogP contribution is 2.53. The van der Waals surface area contributed by atoms with Gasteiger partial charge in [-0.15, -0.1) is 0 Å². The third-order valence-corrected chi connectivity index (χ3v) is 13.1. The van der Waals surface area contributed by atoms with Crippen molar-refractivity contribution in [2.45, 2.75) is 22.3 Å². The van der Waals surface area contributed by atoms with Crippen LogP contribution >= 0.6 is 46.4 Å². The lowest BCUT2D eigenvalue weighted by Crippen LogP contribution is -2.46. The molecule has 12 nitrogen and oxygen atoms in total. The van der Waals surface area contributed by atoms with Crippen LogP contribution in [-0.2, 0) is 29.7 Å². The van der Waals surface area contributed by atoms with Gasteiger partial charge in [-0.1, -0.05) is 94.9 Å². The van der Waals surface area contributed by atoms with E-state index in [2.05, 4.69) is 10.2 Å². The molecule has 6 rings (SSSR count). The first-order valence-electron chi connectivity index (χ1n) is 14.2. The van der Waals surface area contributed by atoms with Gasteiger partial charge in [0.05, 0.1) is 0 Å². The second kappa shape index (κ2) is 12.4. The van der Waals surface area contributed by atoms with Crippen molar-refractivity contribution in [3.8, 4) is 11.1 Å². The lowest BCUT2D eigenvalue weighted by molar-refractivity contribution is 0.105. The number of Topliss-reactive ketones (excluding diaryl/α,β-unsaturated/α-hetero) is 2. The number of hydrogen-bond donors (Lipinski definition) is 4. The van der Waals surface area contributed by atoms with E-state index in [9.17, 15) is 35.5 Å². The van der Waals surface area contributed by atoms with Gasteiger partial charge < -0.3 is 11.7 Å². The van der Waals surface area contributed by atoms with Crippen molar-refractivity contribution in [2.24, 2.45) is 21.9 Å². The number of fused-ring (bicyclic) bond motifs is 2. The highest BCUT2D eigenvalue weighted by atomic mass is 35.5. The van der Waals surface area contributed by atoms with Crippen molar-refractivity contribution in [2.75, 3.05) is 0 Å². The highest BCUT2D eigenvalue weighted by Gasteiger charge is 2.56. The van der Waals surface area contributed by atoms with E-state index in [1.54, 1.807) is 0 Å². The molecule has 0 spiro atoms. The van der Waals surface area contributed by atoms with Crippen LogP contribution in [0.3, 0.4) is 0 Å². The van der Waals surface area contributed by atoms with Crippen LogP contribution in [0, 0.1) is 0 Å². The smallest absolute Gasteiger partial charge is 0.279 e. The predicted octanol–water partition coefficient (Wildman–Crippen LogP) is 6.03. The molecule has 0 bridgehead atoms. The van der Waals surface area contributed by atoms with E-state index in [-0.39, 0.29) is 76.0 Å². The van der Waals surface area contributed by atoms with Gasteiger partial charge in [0.15, 0.2) is 9.49 Å². The van der Waals surface area contributed by atoms with Crippen molar-refractivity contribution >= 4 is 89.6 Å². The Labute approximate surface area is 305 Å². The molecular formula is C32H22Cl4N4O8S2. The minimum Gasteiger partial charge on any atom is -0.323 e. The molecule has 4 aromatic rings. The maximum absolute atomic E-state index is 13.3. The number of nitrogens with two attached hydrogens (primary N) is 2. The molecule has 50 heavy (non-hydrogen) atoms. The number of halogens is 4. The zero-order valence-electron chi connectivity index (χ0n) is 25.1. The Kier molecular flexibility index (Phi) is 8.93. The van der Waals surface area contributed by atoms with Crippen molar-refractivity contribution in [1.82, 2.24) is 0 Å². The molecule has 0 radical (unpaired) electrons. The fourth-order valence-corrected chi connectivity index (χ4v) is 11.2. The van der Waals surface area contributed by atoms with Crippen LogP contribution in [0.15, 0.2) is 83.0 Å². The summed E-state index contributed by atoms with van der Waals surface area (Å²) in [7, 11) is -10.3. The van der Waals surface area contributed by atoms with Crippen molar-refractivity contribution in [3.63, 3.8) is 0 Å². The molecule has 258 valence electrons. The Morgan fingerprint density at radius 2 is 0.880 bits per heavy atom. The molecule has 2 unspecified atom stereocenters. The zero-order valence-corrected chi connectivity index (χ0v) is 29.7. The molecule has 2 aliphatic rings. The molecule has 0 heterocycles. The van der Waals surface area contributed by atoms with Gasteiger partial charge in [0.1, 0.15) is 11.4 Å². The number of nitrogens with zero attached hydrogens (tertiary/aromatic N) is 2. The first-order valence-corrected chi connectivity index (χ1v) is 18.6. The second-order valence-corrected chi connectivity index (χ2v) is 16.4. The van der Waals surface area contributed by atoms with Crippen LogP contribution in [0.4, 0.5) is 0 Å². The van der Waals surface area contributed by atoms with Gasteiger partial charge in [0, 0.05) is 55.2 Å². The molecule has 0 saturated heterocycles. The van der Waals surface area contributed by atoms with Gasteiger partial charge in [-0.3, -0.25) is 18.7 Å². The van der Waals surface area contributed by atoms with E-state index in [0.717, 1.165) is 0 Å². The van der Waals surface area contributed by atoms with Crippen molar-refractivity contribution < 1.29 is 35.5 Å². The molecule has 2 aliphatic carbocycles. The normalized spacial score (nSPS) is 22.4. The lowest BCUT2D eigenvalue weighted by atomic mass is 9.75.